The van der Waals surface area contributed by atoms with Crippen LogP contribution in [0.4, 0.5) is 0 Å². The minimum atomic E-state index is -0.529. The van der Waals surface area contributed by atoms with Gasteiger partial charge in [0, 0.05) is 6.92 Å². The van der Waals surface area contributed by atoms with Crippen molar-refractivity contribution < 1.29 is 24.3 Å². The summed E-state index contributed by atoms with van der Waals surface area (Å²) in [5.41, 5.74) is 0. The van der Waals surface area contributed by atoms with E-state index in [2.05, 4.69) is 19.6 Å². The van der Waals surface area contributed by atoms with Gasteiger partial charge in [-0.25, -0.2) is 14.6 Å². The predicted octanol–water partition coefficient (Wildman–Crippen LogP) is 0.795. The summed E-state index contributed by atoms with van der Waals surface area (Å²) in [5, 5.41) is 0. The van der Waals surface area contributed by atoms with Crippen LogP contribution in [0.25, 0.3) is 0 Å². The van der Waals surface area contributed by atoms with E-state index >= 15 is 0 Å². The fourth-order valence-electron chi connectivity index (χ4n) is 0.291. The highest BCUT2D eigenvalue weighted by atomic mass is 17.3. The Kier molecular flexibility index (Phi) is 5.73. The minimum absolute atomic E-state index is 0.0454. The molecular weight excluding hydrogens is 152 g/mol. The van der Waals surface area contributed by atoms with Crippen molar-refractivity contribution in [2.75, 3.05) is 6.79 Å². The first-order valence-corrected chi connectivity index (χ1v) is 3.21. The van der Waals surface area contributed by atoms with Crippen LogP contribution in [0.15, 0.2) is 0 Å². The molecule has 0 fully saturated rings. The van der Waals surface area contributed by atoms with Crippen molar-refractivity contribution in [3.63, 3.8) is 0 Å². The van der Waals surface area contributed by atoms with Gasteiger partial charge in [-0.15, -0.1) is 0 Å². The monoisotopic (exact) mass is 164 g/mol. The van der Waals surface area contributed by atoms with Crippen LogP contribution in [-0.2, 0) is 24.3 Å². The third-order valence-electron chi connectivity index (χ3n) is 0.533. The van der Waals surface area contributed by atoms with E-state index in [1.807, 2.05) is 0 Å². The first-order valence-electron chi connectivity index (χ1n) is 3.21. The maximum atomic E-state index is 10.1. The van der Waals surface area contributed by atoms with Crippen LogP contribution in [0, 0.1) is 0 Å². The topological polar surface area (TPSA) is 54.0 Å². The van der Waals surface area contributed by atoms with Gasteiger partial charge in [0.1, 0.15) is 0 Å². The van der Waals surface area contributed by atoms with Gasteiger partial charge in [0.25, 0.3) is 0 Å². The second-order valence-corrected chi connectivity index (χ2v) is 2.07. The molecule has 0 unspecified atom stereocenters. The Balaban J connectivity index is 2.97. The van der Waals surface area contributed by atoms with Gasteiger partial charge in [-0.1, -0.05) is 0 Å². The maximum absolute atomic E-state index is 10.1. The highest BCUT2D eigenvalue weighted by molar-refractivity contribution is 5.65. The molecule has 66 valence electrons. The van der Waals surface area contributed by atoms with Crippen molar-refractivity contribution in [2.45, 2.75) is 26.9 Å². The Morgan fingerprint density at radius 2 is 2.00 bits per heavy atom. The lowest BCUT2D eigenvalue weighted by atomic mass is 10.5. The first kappa shape index (κ1) is 10.3. The van der Waals surface area contributed by atoms with E-state index in [9.17, 15) is 4.79 Å². The molecule has 0 rings (SSSR count). The van der Waals surface area contributed by atoms with Gasteiger partial charge in [0.15, 0.2) is 0 Å². The Morgan fingerprint density at radius 3 is 2.45 bits per heavy atom. The van der Waals surface area contributed by atoms with E-state index in [-0.39, 0.29) is 12.9 Å². The SMILES string of the molecule is CC(=O)OOCOOC(C)C. The molecule has 0 aliphatic rings. The van der Waals surface area contributed by atoms with E-state index in [1.54, 1.807) is 13.8 Å². The Morgan fingerprint density at radius 1 is 1.36 bits per heavy atom. The largest absolute Gasteiger partial charge is 0.339 e. The van der Waals surface area contributed by atoms with Gasteiger partial charge in [-0.2, -0.15) is 4.89 Å². The first-order chi connectivity index (χ1) is 5.13. The third-order valence-corrected chi connectivity index (χ3v) is 0.533. The smallest absolute Gasteiger partial charge is 0.296 e. The molecule has 0 saturated carbocycles. The molecule has 0 atom stereocenters. The van der Waals surface area contributed by atoms with Crippen molar-refractivity contribution in [3.8, 4) is 0 Å². The maximum Gasteiger partial charge on any atom is 0.339 e. The zero-order chi connectivity index (χ0) is 8.69. The molecule has 5 nitrogen and oxygen atoms in total. The summed E-state index contributed by atoms with van der Waals surface area (Å²) in [6.07, 6.45) is -0.0454. The lowest BCUT2D eigenvalue weighted by Gasteiger charge is -2.05. The number of hydrogen-bond acceptors (Lipinski definition) is 5. The number of hydrogen-bond donors (Lipinski definition) is 0. The van der Waals surface area contributed by atoms with E-state index in [4.69, 9.17) is 0 Å². The van der Waals surface area contributed by atoms with Gasteiger partial charge in [0.05, 0.1) is 6.10 Å². The molecule has 0 saturated heterocycles. The fraction of sp³-hybridized carbons (Fsp3) is 0.833. The molecule has 11 heavy (non-hydrogen) atoms. The molecule has 0 amide bonds. The Hall–Kier alpha value is -0.650. The number of carbonyl (C=O) groups excluding carboxylic acids is 1. The van der Waals surface area contributed by atoms with Crippen molar-refractivity contribution >= 4 is 5.97 Å². The van der Waals surface area contributed by atoms with Gasteiger partial charge in [-0.3, -0.25) is 4.89 Å². The molecular formula is C6H12O5. The zero-order valence-corrected chi connectivity index (χ0v) is 6.83. The van der Waals surface area contributed by atoms with E-state index in [0.29, 0.717) is 0 Å². The summed E-state index contributed by atoms with van der Waals surface area (Å²) in [7, 11) is 0. The standard InChI is InChI=1S/C6H12O5/c1-5(2)10-8-4-9-11-6(3)7/h5H,4H2,1-3H3. The molecule has 0 aliphatic heterocycles. The van der Waals surface area contributed by atoms with E-state index in [0.717, 1.165) is 0 Å². The normalized spacial score (nSPS) is 10.2. The van der Waals surface area contributed by atoms with Gasteiger partial charge in [0.2, 0.25) is 6.79 Å². The van der Waals surface area contributed by atoms with Crippen LogP contribution >= 0.6 is 0 Å². The summed E-state index contributed by atoms with van der Waals surface area (Å²) in [6.45, 7) is 4.60. The number of rotatable bonds is 5. The van der Waals surface area contributed by atoms with Crippen LogP contribution in [0.3, 0.4) is 0 Å². The lowest BCUT2D eigenvalue weighted by molar-refractivity contribution is -0.412. The molecule has 0 aliphatic carbocycles. The van der Waals surface area contributed by atoms with Crippen molar-refractivity contribution in [1.29, 1.82) is 0 Å². The van der Waals surface area contributed by atoms with Crippen molar-refractivity contribution in [2.24, 2.45) is 0 Å². The summed E-state index contributed by atoms with van der Waals surface area (Å²) >= 11 is 0. The van der Waals surface area contributed by atoms with E-state index in [1.165, 1.54) is 6.92 Å². The molecule has 0 spiro atoms. The average molecular weight is 164 g/mol. The van der Waals surface area contributed by atoms with Crippen LogP contribution in [0.5, 0.6) is 0 Å². The molecule has 0 radical (unpaired) electrons. The van der Waals surface area contributed by atoms with E-state index < -0.39 is 5.97 Å². The lowest BCUT2D eigenvalue weighted by Crippen LogP contribution is -2.08. The fourth-order valence-corrected chi connectivity index (χ4v) is 0.291. The molecule has 0 aromatic rings. The van der Waals surface area contributed by atoms with Crippen molar-refractivity contribution in [3.05, 3.63) is 0 Å². The predicted molar refractivity (Wildman–Crippen MR) is 35.0 cm³/mol. The number of carbonyl (C=O) groups is 1. The van der Waals surface area contributed by atoms with Crippen LogP contribution in [-0.4, -0.2) is 18.9 Å². The Bertz CT molecular complexity index is 112. The molecule has 0 aromatic carbocycles. The summed E-state index contributed by atoms with van der Waals surface area (Å²) in [4.78, 5) is 27.5. The van der Waals surface area contributed by atoms with Gasteiger partial charge < -0.3 is 0 Å². The van der Waals surface area contributed by atoms with Gasteiger partial charge >= 0.3 is 5.97 Å². The third kappa shape index (κ3) is 9.35. The highest BCUT2D eigenvalue weighted by Gasteiger charge is 1.95. The molecule has 5 heteroatoms. The molecule has 0 heterocycles. The van der Waals surface area contributed by atoms with Crippen LogP contribution in [0.2, 0.25) is 0 Å². The van der Waals surface area contributed by atoms with Crippen LogP contribution in [0.1, 0.15) is 20.8 Å². The quantitative estimate of drug-likeness (QED) is 0.260. The summed E-state index contributed by atoms with van der Waals surface area (Å²) in [5.74, 6) is -0.529. The Labute approximate surface area is 65.0 Å². The minimum Gasteiger partial charge on any atom is -0.296 e. The zero-order valence-electron chi connectivity index (χ0n) is 6.83. The second-order valence-electron chi connectivity index (χ2n) is 2.07. The highest BCUT2D eigenvalue weighted by Crippen LogP contribution is 1.89. The van der Waals surface area contributed by atoms with Crippen LogP contribution < -0.4 is 0 Å². The van der Waals surface area contributed by atoms with Gasteiger partial charge in [-0.05, 0) is 13.8 Å². The summed E-state index contributed by atoms with van der Waals surface area (Å²) in [6, 6.07) is 0. The average Bonchev–Trinajstić information content (AvgIpc) is 1.85. The molecule has 0 aromatic heterocycles. The second kappa shape index (κ2) is 6.09. The summed E-state index contributed by atoms with van der Waals surface area (Å²) < 4.78 is 0. The van der Waals surface area contributed by atoms with Crippen molar-refractivity contribution in [1.82, 2.24) is 0 Å². The molecule has 0 bridgehead atoms. The molecule has 0 N–H and O–H groups in total.